The van der Waals surface area contributed by atoms with E-state index in [4.69, 9.17) is 19.7 Å². The van der Waals surface area contributed by atoms with Gasteiger partial charge in [-0.2, -0.15) is 0 Å². The van der Waals surface area contributed by atoms with Crippen LogP contribution in [0.5, 0.6) is 0 Å². The van der Waals surface area contributed by atoms with E-state index in [1.165, 1.54) is 13.8 Å². The van der Waals surface area contributed by atoms with E-state index in [1.54, 1.807) is 0 Å². The van der Waals surface area contributed by atoms with Crippen molar-refractivity contribution in [3.05, 3.63) is 34.9 Å². The van der Waals surface area contributed by atoms with Gasteiger partial charge >= 0.3 is 19.5 Å². The first-order valence-electron chi connectivity index (χ1n) is 6.55. The number of carboxylic acids is 2. The first kappa shape index (κ1) is 19.3. The maximum atomic E-state index is 11.9. The van der Waals surface area contributed by atoms with Gasteiger partial charge in [0.2, 0.25) is 0 Å². The Morgan fingerprint density at radius 1 is 1.04 bits per heavy atom. The quantitative estimate of drug-likeness (QED) is 0.404. The van der Waals surface area contributed by atoms with Crippen LogP contribution in [0.15, 0.2) is 18.2 Å². The van der Waals surface area contributed by atoms with Crippen LogP contribution in [0, 0.1) is 0 Å². The molecule has 0 aliphatic heterocycles. The Bertz CT molecular complexity index is 643. The number of hydrogen-bond acceptors (Lipinski definition) is 5. The average Bonchev–Trinajstić information content (AvgIpc) is 2.44. The second-order valence-corrected chi connectivity index (χ2v) is 6.04. The molecule has 0 bridgehead atoms. The summed E-state index contributed by atoms with van der Waals surface area (Å²) in [6.45, 7) is 2.70. The van der Waals surface area contributed by atoms with E-state index in [1.807, 2.05) is 0 Å². The van der Waals surface area contributed by atoms with Crippen molar-refractivity contribution in [2.75, 3.05) is 13.2 Å². The smallest absolute Gasteiger partial charge is 0.389 e. The van der Waals surface area contributed by atoms with Gasteiger partial charge in [0.25, 0.3) is 5.53 Å². The number of ether oxygens (including phenoxy) is 2. The minimum atomic E-state index is -5.04. The summed E-state index contributed by atoms with van der Waals surface area (Å²) in [4.78, 5) is 41.6. The summed E-state index contributed by atoms with van der Waals surface area (Å²) in [5, 5.41) is 18.1. The van der Waals surface area contributed by atoms with Gasteiger partial charge in [-0.1, -0.05) is 6.07 Å². The van der Waals surface area contributed by atoms with Crippen LogP contribution in [0.25, 0.3) is 0 Å². The lowest BCUT2D eigenvalue weighted by Gasteiger charge is -2.33. The lowest BCUT2D eigenvalue weighted by Crippen LogP contribution is -2.34. The zero-order valence-corrected chi connectivity index (χ0v) is 13.3. The predicted molar refractivity (Wildman–Crippen MR) is 77.3 cm³/mol. The fourth-order valence-electron chi connectivity index (χ4n) is 2.04. The minimum absolute atomic E-state index is 0.131. The summed E-state index contributed by atoms with van der Waals surface area (Å²) in [6, 6.07) is 2.82. The molecule has 1 aromatic rings. The normalized spacial score (nSPS) is 12.2. The molecule has 1 rings (SSSR count). The standard InChI is InChI=1S/C13H17O9P/c1-3-21-13(22-4-2,23(18,19)20)8-5-6-9(11(14)15)10(7-8)12(16)17/h5-7H,3-4H2,1-2H3,(H,14,15)(H,16,17)(H2,18,19,20). The molecule has 0 amide bonds. The predicted octanol–water partition coefficient (Wildman–Crippen LogP) is 1.44. The molecule has 9 nitrogen and oxygen atoms in total. The van der Waals surface area contributed by atoms with Crippen LogP contribution in [0.1, 0.15) is 40.1 Å². The zero-order valence-electron chi connectivity index (χ0n) is 12.4. The Morgan fingerprint density at radius 3 is 1.87 bits per heavy atom. The molecule has 10 heteroatoms. The van der Waals surface area contributed by atoms with Gasteiger partial charge in [-0.25, -0.2) is 9.59 Å². The van der Waals surface area contributed by atoms with Crippen molar-refractivity contribution in [3.8, 4) is 0 Å². The molecule has 0 aromatic heterocycles. The van der Waals surface area contributed by atoms with Gasteiger partial charge in [-0.3, -0.25) is 4.57 Å². The Balaban J connectivity index is 3.66. The molecule has 0 radical (unpaired) electrons. The molecule has 0 saturated carbocycles. The van der Waals surface area contributed by atoms with Crippen molar-refractivity contribution in [3.63, 3.8) is 0 Å². The highest BCUT2D eigenvalue weighted by Gasteiger charge is 2.51. The Morgan fingerprint density at radius 2 is 1.52 bits per heavy atom. The van der Waals surface area contributed by atoms with Gasteiger partial charge in [-0.15, -0.1) is 0 Å². The highest BCUT2D eigenvalue weighted by atomic mass is 31.2. The van der Waals surface area contributed by atoms with Crippen molar-refractivity contribution < 1.29 is 43.6 Å². The van der Waals surface area contributed by atoms with Gasteiger partial charge in [0.05, 0.1) is 11.1 Å². The van der Waals surface area contributed by atoms with Crippen molar-refractivity contribution in [1.29, 1.82) is 0 Å². The molecule has 0 saturated heterocycles. The first-order chi connectivity index (χ1) is 10.6. The molecule has 0 unspecified atom stereocenters. The van der Waals surface area contributed by atoms with Crippen molar-refractivity contribution in [1.82, 2.24) is 0 Å². The largest absolute Gasteiger partial charge is 0.478 e. The van der Waals surface area contributed by atoms with Crippen molar-refractivity contribution >= 4 is 19.5 Å². The summed E-state index contributed by atoms with van der Waals surface area (Å²) in [7, 11) is -5.04. The molecule has 0 aliphatic carbocycles. The number of carbonyl (C=O) groups is 2. The van der Waals surface area contributed by atoms with E-state index in [9.17, 15) is 23.9 Å². The number of benzene rings is 1. The number of carboxylic acid groups (broad SMARTS) is 2. The molecule has 23 heavy (non-hydrogen) atoms. The van der Waals surface area contributed by atoms with E-state index in [-0.39, 0.29) is 18.8 Å². The molecule has 0 atom stereocenters. The number of rotatable bonds is 8. The molecule has 128 valence electrons. The summed E-state index contributed by atoms with van der Waals surface area (Å²) < 4.78 is 22.2. The topological polar surface area (TPSA) is 151 Å². The summed E-state index contributed by atoms with van der Waals surface area (Å²) in [5.41, 5.74) is -3.93. The molecule has 0 spiro atoms. The fraction of sp³-hybridized carbons (Fsp3) is 0.385. The van der Waals surface area contributed by atoms with Crippen LogP contribution in [0.3, 0.4) is 0 Å². The van der Waals surface area contributed by atoms with Gasteiger partial charge in [0.15, 0.2) is 0 Å². The second-order valence-electron chi connectivity index (χ2n) is 4.36. The Hall–Kier alpha value is -1.77. The first-order valence-corrected chi connectivity index (χ1v) is 8.16. The molecular formula is C13H17O9P. The third-order valence-electron chi connectivity index (χ3n) is 2.91. The maximum absolute atomic E-state index is 11.9. The van der Waals surface area contributed by atoms with Gasteiger partial charge in [0.1, 0.15) is 0 Å². The molecule has 0 heterocycles. The Labute approximate surface area is 131 Å². The molecule has 0 fully saturated rings. The van der Waals surface area contributed by atoms with Crippen LogP contribution in [-0.2, 0) is 19.6 Å². The fourth-order valence-corrected chi connectivity index (χ4v) is 3.11. The number of hydrogen-bond donors (Lipinski definition) is 4. The SMILES string of the molecule is CCOC(OCC)(c1ccc(C(=O)O)c(C(=O)O)c1)P(=O)(O)O. The number of aromatic carboxylic acids is 2. The third-order valence-corrected chi connectivity index (χ3v) is 4.19. The lowest BCUT2D eigenvalue weighted by molar-refractivity contribution is -0.192. The molecule has 0 aliphatic rings. The molecule has 1 aromatic carbocycles. The van der Waals surface area contributed by atoms with Gasteiger partial charge < -0.3 is 29.5 Å². The lowest BCUT2D eigenvalue weighted by atomic mass is 10.0. The van der Waals surface area contributed by atoms with Crippen molar-refractivity contribution in [2.24, 2.45) is 0 Å². The minimum Gasteiger partial charge on any atom is -0.478 e. The maximum Gasteiger partial charge on any atom is 0.389 e. The molecule has 4 N–H and O–H groups in total. The zero-order chi connectivity index (χ0) is 17.8. The molecular weight excluding hydrogens is 331 g/mol. The van der Waals surface area contributed by atoms with Crippen LogP contribution in [0.4, 0.5) is 0 Å². The van der Waals surface area contributed by atoms with Gasteiger partial charge in [0, 0.05) is 18.8 Å². The monoisotopic (exact) mass is 348 g/mol. The van der Waals surface area contributed by atoms with E-state index in [0.717, 1.165) is 18.2 Å². The van der Waals surface area contributed by atoms with E-state index < -0.39 is 36.2 Å². The van der Waals surface area contributed by atoms with Crippen LogP contribution >= 0.6 is 7.60 Å². The van der Waals surface area contributed by atoms with Crippen LogP contribution < -0.4 is 0 Å². The highest BCUT2D eigenvalue weighted by molar-refractivity contribution is 7.52. The second kappa shape index (κ2) is 7.20. The van der Waals surface area contributed by atoms with Crippen LogP contribution in [-0.4, -0.2) is 45.2 Å². The summed E-state index contributed by atoms with van der Waals surface area (Å²) >= 11 is 0. The summed E-state index contributed by atoms with van der Waals surface area (Å²) in [6.07, 6.45) is 0. The summed E-state index contributed by atoms with van der Waals surface area (Å²) in [5.74, 6) is -3.04. The third kappa shape index (κ3) is 3.77. The highest BCUT2D eigenvalue weighted by Crippen LogP contribution is 2.58. The van der Waals surface area contributed by atoms with Gasteiger partial charge in [-0.05, 0) is 26.0 Å². The van der Waals surface area contributed by atoms with E-state index in [2.05, 4.69) is 0 Å². The van der Waals surface area contributed by atoms with E-state index in [0.29, 0.717) is 0 Å². The average molecular weight is 348 g/mol. The van der Waals surface area contributed by atoms with Crippen LogP contribution in [0.2, 0.25) is 0 Å². The van der Waals surface area contributed by atoms with Crippen molar-refractivity contribution in [2.45, 2.75) is 19.4 Å². The van der Waals surface area contributed by atoms with E-state index >= 15 is 0 Å². The Kier molecular flexibility index (Phi) is 6.04.